The Labute approximate surface area is 94.5 Å². The number of carbonyl (C=O) groups is 1. The lowest BCUT2D eigenvalue weighted by molar-refractivity contribution is -0.0130. The standard InChI is InChI=1S/C11H19F2NO2/c1-11(2,3)16-10(15)14-6-7-4-5-8(7)9(12)13/h7-9H,4-6H2,1-3H3,(H,14,15)/t7-,8-/m0/s1. The molecule has 1 saturated carbocycles. The molecule has 0 unspecified atom stereocenters. The minimum absolute atomic E-state index is 0.104. The van der Waals surface area contributed by atoms with E-state index in [-0.39, 0.29) is 12.5 Å². The van der Waals surface area contributed by atoms with Crippen LogP contribution in [0.4, 0.5) is 13.6 Å². The van der Waals surface area contributed by atoms with E-state index in [0.29, 0.717) is 6.42 Å². The van der Waals surface area contributed by atoms with Crippen LogP contribution in [0.1, 0.15) is 33.6 Å². The minimum Gasteiger partial charge on any atom is -0.444 e. The predicted octanol–water partition coefficient (Wildman–Crippen LogP) is 2.80. The maximum absolute atomic E-state index is 12.4. The summed E-state index contributed by atoms with van der Waals surface area (Å²) in [5.74, 6) is -0.664. The first-order valence-electron chi connectivity index (χ1n) is 5.54. The highest BCUT2D eigenvalue weighted by molar-refractivity contribution is 5.67. The first kappa shape index (κ1) is 13.2. The molecule has 0 aromatic heterocycles. The monoisotopic (exact) mass is 235 g/mol. The number of alkyl carbamates (subject to hydrolysis) is 1. The van der Waals surface area contributed by atoms with E-state index in [1.165, 1.54) is 0 Å². The van der Waals surface area contributed by atoms with E-state index in [4.69, 9.17) is 4.74 Å². The van der Waals surface area contributed by atoms with Crippen LogP contribution in [0.2, 0.25) is 0 Å². The van der Waals surface area contributed by atoms with E-state index >= 15 is 0 Å². The molecule has 16 heavy (non-hydrogen) atoms. The van der Waals surface area contributed by atoms with Gasteiger partial charge in [-0.2, -0.15) is 0 Å². The number of rotatable bonds is 3. The van der Waals surface area contributed by atoms with Crippen molar-refractivity contribution in [3.05, 3.63) is 0 Å². The number of hydrogen-bond donors (Lipinski definition) is 1. The van der Waals surface area contributed by atoms with Gasteiger partial charge in [0.25, 0.3) is 0 Å². The van der Waals surface area contributed by atoms with Crippen molar-refractivity contribution in [1.29, 1.82) is 0 Å². The van der Waals surface area contributed by atoms with Crippen molar-refractivity contribution in [2.24, 2.45) is 11.8 Å². The number of alkyl halides is 2. The summed E-state index contributed by atoms with van der Waals surface area (Å²) in [6, 6.07) is 0. The lowest BCUT2D eigenvalue weighted by atomic mass is 9.74. The summed E-state index contributed by atoms with van der Waals surface area (Å²) in [5.41, 5.74) is -0.550. The highest BCUT2D eigenvalue weighted by atomic mass is 19.3. The number of carbonyl (C=O) groups excluding carboxylic acids is 1. The van der Waals surface area contributed by atoms with E-state index in [0.717, 1.165) is 6.42 Å². The van der Waals surface area contributed by atoms with Gasteiger partial charge in [0.15, 0.2) is 0 Å². The van der Waals surface area contributed by atoms with Crippen molar-refractivity contribution in [2.75, 3.05) is 6.54 Å². The fraction of sp³-hybridized carbons (Fsp3) is 0.909. The summed E-state index contributed by atoms with van der Waals surface area (Å²) in [7, 11) is 0. The quantitative estimate of drug-likeness (QED) is 0.816. The molecule has 1 fully saturated rings. The van der Waals surface area contributed by atoms with Crippen molar-refractivity contribution in [3.63, 3.8) is 0 Å². The molecule has 1 aliphatic carbocycles. The Morgan fingerprint density at radius 3 is 2.44 bits per heavy atom. The molecule has 0 radical (unpaired) electrons. The lowest BCUT2D eigenvalue weighted by Crippen LogP contribution is -2.42. The Hall–Kier alpha value is -0.870. The average Bonchev–Trinajstić information content (AvgIpc) is 1.96. The van der Waals surface area contributed by atoms with Crippen LogP contribution in [0.15, 0.2) is 0 Å². The molecule has 3 nitrogen and oxygen atoms in total. The molecule has 0 saturated heterocycles. The smallest absolute Gasteiger partial charge is 0.407 e. The molecule has 0 spiro atoms. The van der Waals surface area contributed by atoms with Gasteiger partial charge >= 0.3 is 6.09 Å². The number of nitrogens with one attached hydrogen (secondary N) is 1. The molecule has 1 aliphatic rings. The van der Waals surface area contributed by atoms with Crippen LogP contribution >= 0.6 is 0 Å². The van der Waals surface area contributed by atoms with Gasteiger partial charge in [-0.25, -0.2) is 13.6 Å². The number of halogens is 2. The maximum atomic E-state index is 12.4. The van der Waals surface area contributed by atoms with E-state index in [1.54, 1.807) is 20.8 Å². The lowest BCUT2D eigenvalue weighted by Gasteiger charge is -2.36. The zero-order valence-electron chi connectivity index (χ0n) is 9.93. The second-order valence-electron chi connectivity index (χ2n) is 5.22. The highest BCUT2D eigenvalue weighted by Gasteiger charge is 2.37. The maximum Gasteiger partial charge on any atom is 0.407 e. The van der Waals surface area contributed by atoms with Crippen LogP contribution in [0, 0.1) is 11.8 Å². The molecular formula is C11H19F2NO2. The molecular weight excluding hydrogens is 216 g/mol. The Bertz CT molecular complexity index is 251. The highest BCUT2D eigenvalue weighted by Crippen LogP contribution is 2.38. The number of ether oxygens (including phenoxy) is 1. The SMILES string of the molecule is CC(C)(C)OC(=O)NC[C@@H]1CC[C@@H]1C(F)F. The molecule has 0 aliphatic heterocycles. The Balaban J connectivity index is 2.23. The summed E-state index contributed by atoms with van der Waals surface area (Å²) in [6.45, 7) is 5.57. The van der Waals surface area contributed by atoms with Crippen molar-refractivity contribution in [3.8, 4) is 0 Å². The van der Waals surface area contributed by atoms with E-state index < -0.39 is 24.0 Å². The second kappa shape index (κ2) is 4.97. The normalized spacial score (nSPS) is 25.1. The van der Waals surface area contributed by atoms with Crippen molar-refractivity contribution in [1.82, 2.24) is 5.32 Å². The fourth-order valence-corrected chi connectivity index (χ4v) is 1.71. The van der Waals surface area contributed by atoms with Crippen molar-refractivity contribution in [2.45, 2.75) is 45.6 Å². The molecule has 0 aromatic carbocycles. The Morgan fingerprint density at radius 2 is 2.06 bits per heavy atom. The Kier molecular flexibility index (Phi) is 4.10. The molecule has 0 heterocycles. The average molecular weight is 235 g/mol. The van der Waals surface area contributed by atoms with Gasteiger partial charge in [-0.05, 0) is 39.5 Å². The first-order valence-corrected chi connectivity index (χ1v) is 5.54. The third-order valence-electron chi connectivity index (χ3n) is 2.71. The van der Waals surface area contributed by atoms with Crippen molar-refractivity contribution >= 4 is 6.09 Å². The van der Waals surface area contributed by atoms with Gasteiger partial charge in [-0.3, -0.25) is 0 Å². The summed E-state index contributed by atoms with van der Waals surface area (Å²) in [4.78, 5) is 11.3. The summed E-state index contributed by atoms with van der Waals surface area (Å²) in [6.07, 6.45) is -1.50. The van der Waals surface area contributed by atoms with E-state index in [9.17, 15) is 13.6 Å². The number of hydrogen-bond acceptors (Lipinski definition) is 2. The van der Waals surface area contributed by atoms with Crippen LogP contribution in [-0.2, 0) is 4.74 Å². The van der Waals surface area contributed by atoms with E-state index in [1.807, 2.05) is 0 Å². The van der Waals surface area contributed by atoms with Gasteiger partial charge in [0.05, 0.1) is 0 Å². The molecule has 2 atom stereocenters. The van der Waals surface area contributed by atoms with Gasteiger partial charge in [0, 0.05) is 12.5 Å². The van der Waals surface area contributed by atoms with Gasteiger partial charge in [0.1, 0.15) is 5.60 Å². The van der Waals surface area contributed by atoms with Crippen LogP contribution in [0.5, 0.6) is 0 Å². The summed E-state index contributed by atoms with van der Waals surface area (Å²) >= 11 is 0. The summed E-state index contributed by atoms with van der Waals surface area (Å²) in [5, 5.41) is 2.53. The largest absolute Gasteiger partial charge is 0.444 e. The molecule has 94 valence electrons. The van der Waals surface area contributed by atoms with Gasteiger partial charge in [0.2, 0.25) is 6.43 Å². The third kappa shape index (κ3) is 3.94. The Morgan fingerprint density at radius 1 is 1.44 bits per heavy atom. The van der Waals surface area contributed by atoms with Gasteiger partial charge in [-0.1, -0.05) is 0 Å². The van der Waals surface area contributed by atoms with Crippen molar-refractivity contribution < 1.29 is 18.3 Å². The zero-order chi connectivity index (χ0) is 12.3. The molecule has 1 N–H and O–H groups in total. The first-order chi connectivity index (χ1) is 7.29. The molecule has 5 heteroatoms. The van der Waals surface area contributed by atoms with Crippen LogP contribution in [0.3, 0.4) is 0 Å². The molecule has 1 amide bonds. The van der Waals surface area contributed by atoms with Crippen LogP contribution in [-0.4, -0.2) is 24.7 Å². The number of amides is 1. The molecule has 0 aromatic rings. The van der Waals surface area contributed by atoms with Crippen LogP contribution in [0.25, 0.3) is 0 Å². The molecule has 0 bridgehead atoms. The predicted molar refractivity (Wildman–Crippen MR) is 56.5 cm³/mol. The fourth-order valence-electron chi connectivity index (χ4n) is 1.71. The van der Waals surface area contributed by atoms with Gasteiger partial charge < -0.3 is 10.1 Å². The third-order valence-corrected chi connectivity index (χ3v) is 2.71. The second-order valence-corrected chi connectivity index (χ2v) is 5.22. The van der Waals surface area contributed by atoms with Crippen LogP contribution < -0.4 is 5.32 Å². The van der Waals surface area contributed by atoms with E-state index in [2.05, 4.69) is 5.32 Å². The zero-order valence-corrected chi connectivity index (χ0v) is 9.93. The molecule has 1 rings (SSSR count). The van der Waals surface area contributed by atoms with Gasteiger partial charge in [-0.15, -0.1) is 0 Å². The summed E-state index contributed by atoms with van der Waals surface area (Å²) < 4.78 is 29.8. The minimum atomic E-state index is -2.28. The topological polar surface area (TPSA) is 38.3 Å².